The van der Waals surface area contributed by atoms with Gasteiger partial charge in [-0.15, -0.1) is 0 Å². The van der Waals surface area contributed by atoms with Crippen molar-refractivity contribution in [3.8, 4) is 0 Å². The van der Waals surface area contributed by atoms with Gasteiger partial charge in [-0.05, 0) is 43.4 Å². The van der Waals surface area contributed by atoms with E-state index in [4.69, 9.17) is 46.9 Å². The van der Waals surface area contributed by atoms with E-state index in [1.807, 2.05) is 0 Å². The van der Waals surface area contributed by atoms with E-state index >= 15 is 0 Å². The molecular weight excluding hydrogens is 1580 g/mol. The molecule has 0 amide bonds. The zero-order valence-electron chi connectivity index (χ0n) is 77.6. The molecule has 26 heteroatoms. The van der Waals surface area contributed by atoms with Crippen molar-refractivity contribution in [2.24, 2.45) is 17.8 Å². The number of phosphoric acid groups is 1. The highest BCUT2D eigenvalue weighted by Crippen LogP contribution is 2.49. The lowest BCUT2D eigenvalue weighted by molar-refractivity contribution is -0.360. The fourth-order valence-electron chi connectivity index (χ4n) is 17.1. The molecular formula is C96H181O25P. The van der Waals surface area contributed by atoms with Crippen LogP contribution in [0.5, 0.6) is 0 Å². The summed E-state index contributed by atoms with van der Waals surface area (Å²) in [5.41, 5.74) is 0. The van der Waals surface area contributed by atoms with E-state index in [0.29, 0.717) is 49.9 Å². The second kappa shape index (κ2) is 72.2. The highest BCUT2D eigenvalue weighted by molar-refractivity contribution is 7.47. The van der Waals surface area contributed by atoms with Gasteiger partial charge in [0.05, 0.1) is 13.2 Å². The summed E-state index contributed by atoms with van der Waals surface area (Å²) in [5, 5.41) is 103. The molecule has 0 aromatic heterocycles. The Kier molecular flexibility index (Phi) is 67.3. The number of hydrogen-bond donors (Lipinski definition) is 10. The molecule has 2 aliphatic heterocycles. The Hall–Kier alpha value is -2.53. The first-order chi connectivity index (χ1) is 58.9. The van der Waals surface area contributed by atoms with E-state index in [2.05, 4.69) is 48.5 Å². The van der Waals surface area contributed by atoms with Crippen LogP contribution < -0.4 is 0 Å². The minimum absolute atomic E-state index is 0.0164. The number of aliphatic hydroxyl groups is 9. The molecule has 2 saturated heterocycles. The van der Waals surface area contributed by atoms with Gasteiger partial charge in [0.15, 0.2) is 24.8 Å². The Morgan fingerprint density at radius 2 is 0.615 bits per heavy atom. The number of carbonyl (C=O) groups is 4. The SMILES string of the molecule is CCCCCCCCCCCCCCCCCC(=O)OC(COC(=O)CCCCCCCCC(C)CCCCCCCC)COP(=O)(O)OC1C(OC2OC(CO)C(O)C(O)C2O)C(O)C(O)C(OC(=O)CCCCCCCCC(C)CCCCCCCC)C1OC1OC(COC(=O)CCCCCCCCC(C)CCCCCCCC)C(O)C(O)C1O. The van der Waals surface area contributed by atoms with Gasteiger partial charge in [-0.25, -0.2) is 4.57 Å². The third-order valence-corrected chi connectivity index (χ3v) is 26.3. The van der Waals surface area contributed by atoms with Crippen molar-refractivity contribution in [1.82, 2.24) is 0 Å². The van der Waals surface area contributed by atoms with Crippen LogP contribution >= 0.6 is 7.82 Å². The van der Waals surface area contributed by atoms with Crippen LogP contribution in [0, 0.1) is 17.8 Å². The van der Waals surface area contributed by atoms with E-state index in [1.165, 1.54) is 205 Å². The van der Waals surface area contributed by atoms with Crippen molar-refractivity contribution in [2.75, 3.05) is 26.4 Å². The van der Waals surface area contributed by atoms with E-state index in [1.54, 1.807) is 0 Å². The number of phosphoric ester groups is 1. The van der Waals surface area contributed by atoms with Gasteiger partial charge in [0.2, 0.25) is 0 Å². The Labute approximate surface area is 738 Å². The topological polar surface area (TPSA) is 380 Å². The van der Waals surface area contributed by atoms with Gasteiger partial charge in [-0.2, -0.15) is 0 Å². The molecule has 720 valence electrons. The minimum Gasteiger partial charge on any atom is -0.463 e. The van der Waals surface area contributed by atoms with Gasteiger partial charge < -0.3 is 88.7 Å². The van der Waals surface area contributed by atoms with Gasteiger partial charge in [0.1, 0.15) is 92.6 Å². The molecule has 25 nitrogen and oxygen atoms in total. The molecule has 3 fully saturated rings. The van der Waals surface area contributed by atoms with Crippen LogP contribution in [0.3, 0.4) is 0 Å². The lowest BCUT2D eigenvalue weighted by Gasteiger charge is -2.50. The number of aliphatic hydroxyl groups excluding tert-OH is 9. The third kappa shape index (κ3) is 52.3. The van der Waals surface area contributed by atoms with Gasteiger partial charge in [0.25, 0.3) is 0 Å². The second-order valence-electron chi connectivity index (χ2n) is 36.8. The van der Waals surface area contributed by atoms with Crippen LogP contribution in [0.1, 0.15) is 440 Å². The maximum Gasteiger partial charge on any atom is 0.472 e. The normalized spacial score (nSPS) is 25.3. The Morgan fingerprint density at radius 3 is 0.975 bits per heavy atom. The van der Waals surface area contributed by atoms with Gasteiger partial charge in [-0.3, -0.25) is 28.2 Å². The largest absolute Gasteiger partial charge is 0.472 e. The van der Waals surface area contributed by atoms with Crippen molar-refractivity contribution in [1.29, 1.82) is 0 Å². The summed E-state index contributed by atoms with van der Waals surface area (Å²) in [6.45, 7) is 12.6. The number of esters is 4. The maximum atomic E-state index is 15.0. The maximum absolute atomic E-state index is 15.0. The zero-order chi connectivity index (χ0) is 89.4. The first-order valence-corrected chi connectivity index (χ1v) is 51.4. The Balaban J connectivity index is 1.92. The summed E-state index contributed by atoms with van der Waals surface area (Å²) in [6, 6.07) is 0. The third-order valence-electron chi connectivity index (χ3n) is 25.3. The smallest absolute Gasteiger partial charge is 0.463 e. The predicted octanol–water partition coefficient (Wildman–Crippen LogP) is 19.3. The average molecular weight is 1770 g/mol. The summed E-state index contributed by atoms with van der Waals surface area (Å²) in [5.74, 6) is -0.945. The van der Waals surface area contributed by atoms with E-state index in [-0.39, 0.29) is 25.7 Å². The van der Waals surface area contributed by atoms with Crippen LogP contribution in [-0.4, -0.2) is 205 Å². The van der Waals surface area contributed by atoms with Crippen molar-refractivity contribution in [3.63, 3.8) is 0 Å². The number of ether oxygens (including phenoxy) is 8. The highest BCUT2D eigenvalue weighted by Gasteiger charge is 2.60. The second-order valence-corrected chi connectivity index (χ2v) is 38.2. The van der Waals surface area contributed by atoms with Crippen LogP contribution in [0.25, 0.3) is 0 Å². The Bertz CT molecular complexity index is 2570. The number of hydrogen-bond acceptors (Lipinski definition) is 24. The van der Waals surface area contributed by atoms with E-state index in [9.17, 15) is 74.6 Å². The lowest BCUT2D eigenvalue weighted by Crippen LogP contribution is -2.70. The molecule has 0 spiro atoms. The predicted molar refractivity (Wildman–Crippen MR) is 476 cm³/mol. The summed E-state index contributed by atoms with van der Waals surface area (Å²) >= 11 is 0. The van der Waals surface area contributed by atoms with Crippen molar-refractivity contribution >= 4 is 31.7 Å². The molecule has 0 aromatic carbocycles. The molecule has 122 heavy (non-hydrogen) atoms. The van der Waals surface area contributed by atoms with E-state index < -0.39 is 162 Å². The average Bonchev–Trinajstić information content (AvgIpc) is 0.753. The van der Waals surface area contributed by atoms with Crippen LogP contribution in [0.2, 0.25) is 0 Å². The summed E-state index contributed by atoms with van der Waals surface area (Å²) in [6.07, 6.45) is 26.5. The molecule has 21 unspecified atom stereocenters. The molecule has 1 saturated carbocycles. The molecule has 0 aromatic rings. The molecule has 0 radical (unpaired) electrons. The van der Waals surface area contributed by atoms with Gasteiger partial charge >= 0.3 is 31.7 Å². The minimum atomic E-state index is -5.81. The number of unbranched alkanes of at least 4 members (excludes halogenated alkanes) is 44. The van der Waals surface area contributed by atoms with Crippen molar-refractivity contribution in [2.45, 2.75) is 544 Å². The quantitative estimate of drug-likeness (QED) is 0.0117. The molecule has 2 heterocycles. The van der Waals surface area contributed by atoms with Crippen molar-refractivity contribution in [3.05, 3.63) is 0 Å². The fourth-order valence-corrected chi connectivity index (χ4v) is 18.1. The monoisotopic (exact) mass is 1770 g/mol. The summed E-state index contributed by atoms with van der Waals surface area (Å²) in [4.78, 5) is 66.8. The Morgan fingerprint density at radius 1 is 0.320 bits per heavy atom. The standard InChI is InChI=1S/C96H181O25P/c1-8-12-16-20-24-25-26-27-28-29-30-31-32-47-57-67-81(100)115-76(70-112-79(98)65-55-45-36-33-42-52-62-73(5)59-49-39-21-17-13-9-2)71-114-122(110,111)121-94-92(119-95-89(108)85(104)83(102)77(69-97)116-95)88(107)87(106)91(118-82(101)68-58-48-38-35-44-54-64-75(7)61-51-41-23-19-15-11-4)93(94)120-96-90(109)86(105)84(103)78(117-96)72-113-80(99)66-56-46-37-34-43-53-63-74(6)60-50-40-22-18-14-10-3/h73-78,83-97,102-109H,8-72H2,1-7H3,(H,110,111). The zero-order valence-corrected chi connectivity index (χ0v) is 78.4. The highest BCUT2D eigenvalue weighted by atomic mass is 31.2. The number of rotatable bonds is 80. The van der Waals surface area contributed by atoms with Crippen LogP contribution in [0.4, 0.5) is 0 Å². The first-order valence-electron chi connectivity index (χ1n) is 49.9. The molecule has 10 N–H and O–H groups in total. The number of carbonyl (C=O) groups excluding carboxylic acids is 4. The van der Waals surface area contributed by atoms with Gasteiger partial charge in [-0.1, -0.05) is 389 Å². The summed E-state index contributed by atoms with van der Waals surface area (Å²) in [7, 11) is -5.81. The molecule has 21 atom stereocenters. The molecule has 0 bridgehead atoms. The van der Waals surface area contributed by atoms with Gasteiger partial charge in [0, 0.05) is 25.7 Å². The van der Waals surface area contributed by atoms with Crippen LogP contribution in [0.15, 0.2) is 0 Å². The summed E-state index contributed by atoms with van der Waals surface area (Å²) < 4.78 is 73.8. The molecule has 3 aliphatic rings. The molecule has 3 rings (SSSR count). The van der Waals surface area contributed by atoms with Crippen LogP contribution in [-0.2, 0) is 70.7 Å². The first kappa shape index (κ1) is 114. The van der Waals surface area contributed by atoms with Crippen molar-refractivity contribution < 1.29 is 122 Å². The fraction of sp³-hybridized carbons (Fsp3) is 0.958. The van der Waals surface area contributed by atoms with E-state index in [0.717, 1.165) is 128 Å². The molecule has 1 aliphatic carbocycles. The lowest BCUT2D eigenvalue weighted by atomic mass is 9.84.